The highest BCUT2D eigenvalue weighted by molar-refractivity contribution is 5.87. The van der Waals surface area contributed by atoms with E-state index in [1.807, 2.05) is 0 Å². The van der Waals surface area contributed by atoms with Crippen LogP contribution < -0.4 is 9.64 Å². The number of carbonyl (C=O) groups excluding carboxylic acids is 1. The standard InChI is InChI=1S/C32H40N6O2/c1-3-29(39)38-18-17-37(21-25(38)12-15-33)30-27-11-14-32(13-10-23-7-4-5-8-24(23)19-32)20-28(27)34-31(35-30)40-22-26-9-6-16-36(26)2/h3-5,7-8,25-26H,1,6,9-14,16-22H2,2H3/t25-,26-,32+/m0/s1. The Morgan fingerprint density at radius 1 is 1.15 bits per heavy atom. The first-order valence-corrected chi connectivity index (χ1v) is 14.8. The number of rotatable bonds is 6. The lowest BCUT2D eigenvalue weighted by Gasteiger charge is -2.44. The third-order valence-electron chi connectivity index (χ3n) is 9.75. The van der Waals surface area contributed by atoms with Crippen molar-refractivity contribution in [1.82, 2.24) is 19.8 Å². The molecule has 0 N–H and O–H groups in total. The SMILES string of the molecule is C=CC(=O)N1CCN(c2nc(OC[C@@H]3CCCN3C)nc3c2CC[C@@]2(CCc4ccccc4C2)C3)C[C@@H]1CC#N. The average molecular weight is 541 g/mol. The molecule has 3 heterocycles. The molecule has 6 rings (SSSR count). The van der Waals surface area contributed by atoms with Crippen molar-refractivity contribution in [2.75, 3.05) is 44.7 Å². The van der Waals surface area contributed by atoms with Crippen molar-refractivity contribution in [2.45, 2.75) is 69.9 Å². The third kappa shape index (κ3) is 5.19. The zero-order chi connectivity index (χ0) is 27.7. The largest absolute Gasteiger partial charge is 0.462 e. The molecule has 8 nitrogen and oxygen atoms in total. The summed E-state index contributed by atoms with van der Waals surface area (Å²) in [7, 11) is 2.16. The van der Waals surface area contributed by atoms with Gasteiger partial charge in [-0.25, -0.2) is 0 Å². The first kappa shape index (κ1) is 26.8. The average Bonchev–Trinajstić information content (AvgIpc) is 3.39. The number of likely N-dealkylation sites (tertiary alicyclic amines) is 1. The number of aromatic nitrogens is 2. The second-order valence-corrected chi connectivity index (χ2v) is 12.2. The van der Waals surface area contributed by atoms with E-state index in [1.165, 1.54) is 35.6 Å². The molecule has 0 bridgehead atoms. The molecule has 2 aliphatic carbocycles. The smallest absolute Gasteiger partial charge is 0.318 e. The van der Waals surface area contributed by atoms with Crippen LogP contribution in [0, 0.1) is 16.7 Å². The van der Waals surface area contributed by atoms with Crippen LogP contribution >= 0.6 is 0 Å². The van der Waals surface area contributed by atoms with Gasteiger partial charge in [0, 0.05) is 31.2 Å². The highest BCUT2D eigenvalue weighted by atomic mass is 16.5. The number of nitriles is 1. The number of fused-ring (bicyclic) bond motifs is 2. The molecular weight excluding hydrogens is 500 g/mol. The molecule has 0 unspecified atom stereocenters. The van der Waals surface area contributed by atoms with Crippen LogP contribution in [0.1, 0.15) is 54.5 Å². The molecule has 2 saturated heterocycles. The topological polar surface area (TPSA) is 85.6 Å². The quantitative estimate of drug-likeness (QED) is 0.516. The molecule has 1 spiro atoms. The third-order valence-corrected chi connectivity index (χ3v) is 9.75. The molecule has 4 aliphatic rings. The van der Waals surface area contributed by atoms with Crippen molar-refractivity contribution in [3.05, 3.63) is 59.3 Å². The Morgan fingerprint density at radius 3 is 2.75 bits per heavy atom. The number of benzene rings is 1. The summed E-state index contributed by atoms with van der Waals surface area (Å²) in [4.78, 5) is 29.0. The van der Waals surface area contributed by atoms with Crippen LogP contribution in [0.25, 0.3) is 0 Å². The van der Waals surface area contributed by atoms with Gasteiger partial charge in [-0.3, -0.25) is 4.79 Å². The minimum atomic E-state index is -0.198. The number of likely N-dealkylation sites (N-methyl/N-ethyl adjacent to an activating group) is 1. The van der Waals surface area contributed by atoms with Gasteiger partial charge in [-0.1, -0.05) is 30.8 Å². The molecule has 1 amide bonds. The fourth-order valence-corrected chi connectivity index (χ4v) is 7.38. The minimum absolute atomic E-state index is 0.117. The maximum absolute atomic E-state index is 12.5. The summed E-state index contributed by atoms with van der Waals surface area (Å²) in [6.45, 7) is 7.12. The molecule has 8 heteroatoms. The number of ether oxygens (including phenoxy) is 1. The Bertz CT molecular complexity index is 1320. The first-order chi connectivity index (χ1) is 19.5. The van der Waals surface area contributed by atoms with Gasteiger partial charge in [0.25, 0.3) is 0 Å². The van der Waals surface area contributed by atoms with Gasteiger partial charge in [0.05, 0.1) is 24.2 Å². The molecule has 1 aromatic carbocycles. The van der Waals surface area contributed by atoms with E-state index in [0.717, 1.165) is 56.6 Å². The van der Waals surface area contributed by atoms with Gasteiger partial charge in [-0.2, -0.15) is 15.2 Å². The van der Waals surface area contributed by atoms with E-state index in [2.05, 4.69) is 53.8 Å². The first-order valence-electron chi connectivity index (χ1n) is 14.8. The Morgan fingerprint density at radius 2 is 1.98 bits per heavy atom. The van der Waals surface area contributed by atoms with E-state index in [-0.39, 0.29) is 23.8 Å². The monoisotopic (exact) mass is 540 g/mol. The van der Waals surface area contributed by atoms with Crippen LogP contribution in [-0.4, -0.2) is 77.6 Å². The Labute approximate surface area is 237 Å². The van der Waals surface area contributed by atoms with Gasteiger partial charge in [-0.15, -0.1) is 0 Å². The Hall–Kier alpha value is -3.44. The van der Waals surface area contributed by atoms with Crippen LogP contribution in [-0.2, 0) is 30.5 Å². The van der Waals surface area contributed by atoms with Crippen LogP contribution in [0.15, 0.2) is 36.9 Å². The molecule has 0 saturated carbocycles. The van der Waals surface area contributed by atoms with Crippen molar-refractivity contribution in [3.8, 4) is 12.1 Å². The predicted octanol–water partition coefficient (Wildman–Crippen LogP) is 3.73. The van der Waals surface area contributed by atoms with E-state index in [4.69, 9.17) is 14.7 Å². The van der Waals surface area contributed by atoms with Gasteiger partial charge in [0.2, 0.25) is 5.91 Å². The van der Waals surface area contributed by atoms with Crippen LogP contribution in [0.3, 0.4) is 0 Å². The fraction of sp³-hybridized carbons (Fsp3) is 0.562. The lowest BCUT2D eigenvalue weighted by atomic mass is 9.63. The number of nitrogens with zero attached hydrogens (tertiary/aromatic N) is 6. The molecular formula is C32H40N6O2. The van der Waals surface area contributed by atoms with Crippen LogP contribution in [0.2, 0.25) is 0 Å². The maximum atomic E-state index is 12.5. The summed E-state index contributed by atoms with van der Waals surface area (Å²) in [5.41, 5.74) is 5.52. The number of hydrogen-bond donors (Lipinski definition) is 0. The molecule has 0 radical (unpaired) electrons. The summed E-state index contributed by atoms with van der Waals surface area (Å²) in [5.74, 6) is 0.813. The van der Waals surface area contributed by atoms with Crippen molar-refractivity contribution >= 4 is 11.7 Å². The molecule has 2 aliphatic heterocycles. The number of piperazine rings is 1. The van der Waals surface area contributed by atoms with E-state index >= 15 is 0 Å². The molecule has 3 atom stereocenters. The number of aryl methyl sites for hydroxylation is 1. The highest BCUT2D eigenvalue weighted by Gasteiger charge is 2.41. The fourth-order valence-electron chi connectivity index (χ4n) is 7.38. The van der Waals surface area contributed by atoms with Crippen molar-refractivity contribution < 1.29 is 9.53 Å². The van der Waals surface area contributed by atoms with Crippen molar-refractivity contribution in [2.24, 2.45) is 5.41 Å². The summed E-state index contributed by atoms with van der Waals surface area (Å²) < 4.78 is 6.32. The highest BCUT2D eigenvalue weighted by Crippen LogP contribution is 2.46. The van der Waals surface area contributed by atoms with Gasteiger partial charge in [0.1, 0.15) is 12.4 Å². The van der Waals surface area contributed by atoms with E-state index < -0.39 is 0 Å². The molecule has 2 aromatic rings. The summed E-state index contributed by atoms with van der Waals surface area (Å²) in [6.07, 6.45) is 10.3. The van der Waals surface area contributed by atoms with Gasteiger partial charge in [-0.05, 0) is 87.6 Å². The summed E-state index contributed by atoms with van der Waals surface area (Å²) >= 11 is 0. The van der Waals surface area contributed by atoms with Gasteiger partial charge < -0.3 is 19.4 Å². The van der Waals surface area contributed by atoms with E-state index in [0.29, 0.717) is 38.3 Å². The van der Waals surface area contributed by atoms with E-state index in [1.54, 1.807) is 4.90 Å². The second kappa shape index (κ2) is 11.2. The number of carbonyl (C=O) groups is 1. The van der Waals surface area contributed by atoms with Crippen LogP contribution in [0.4, 0.5) is 5.82 Å². The van der Waals surface area contributed by atoms with Crippen LogP contribution in [0.5, 0.6) is 6.01 Å². The summed E-state index contributed by atoms with van der Waals surface area (Å²) in [6, 6.07) is 11.8. The normalized spacial score (nSPS) is 26.2. The van der Waals surface area contributed by atoms with Crippen molar-refractivity contribution in [3.63, 3.8) is 0 Å². The molecule has 1 aromatic heterocycles. The number of hydrogen-bond acceptors (Lipinski definition) is 7. The molecule has 2 fully saturated rings. The lowest BCUT2D eigenvalue weighted by Crippen LogP contribution is -2.55. The molecule has 210 valence electrons. The zero-order valence-electron chi connectivity index (χ0n) is 23.6. The lowest BCUT2D eigenvalue weighted by molar-refractivity contribution is -0.128. The molecule has 40 heavy (non-hydrogen) atoms. The predicted molar refractivity (Wildman–Crippen MR) is 154 cm³/mol. The second-order valence-electron chi connectivity index (χ2n) is 12.2. The summed E-state index contributed by atoms with van der Waals surface area (Å²) in [5, 5.41) is 9.51. The van der Waals surface area contributed by atoms with Gasteiger partial charge in [0.15, 0.2) is 0 Å². The Balaban J connectivity index is 1.30. The van der Waals surface area contributed by atoms with E-state index in [9.17, 15) is 10.1 Å². The number of anilines is 1. The zero-order valence-corrected chi connectivity index (χ0v) is 23.6. The maximum Gasteiger partial charge on any atom is 0.318 e. The Kier molecular flexibility index (Phi) is 7.50. The van der Waals surface area contributed by atoms with Gasteiger partial charge >= 0.3 is 6.01 Å². The minimum Gasteiger partial charge on any atom is -0.462 e. The number of amides is 1. The van der Waals surface area contributed by atoms with Crippen molar-refractivity contribution in [1.29, 1.82) is 5.26 Å².